The lowest BCUT2D eigenvalue weighted by Crippen LogP contribution is -2.42. The van der Waals surface area contributed by atoms with Crippen molar-refractivity contribution in [2.75, 3.05) is 33.7 Å². The number of nitrogens with zero attached hydrogens (tertiary/aromatic N) is 2. The van der Waals surface area contributed by atoms with Gasteiger partial charge >= 0.3 is 0 Å². The minimum atomic E-state index is -3.62. The van der Waals surface area contributed by atoms with Crippen molar-refractivity contribution in [2.45, 2.75) is 31.7 Å². The smallest absolute Gasteiger partial charge is 0.252 e. The minimum absolute atomic E-state index is 0.0406. The fraction of sp³-hybridized carbons (Fsp3) is 0.562. The molecule has 24 heavy (non-hydrogen) atoms. The van der Waals surface area contributed by atoms with Crippen molar-refractivity contribution >= 4 is 27.5 Å². The Hall–Kier alpha value is -1.15. The highest BCUT2D eigenvalue weighted by Crippen LogP contribution is 2.22. The molecule has 1 amide bonds. The van der Waals surface area contributed by atoms with E-state index in [9.17, 15) is 13.2 Å². The Kier molecular flexibility index (Phi) is 7.66. The standard InChI is InChI=1S/C16H26ClN3O3S/c1-6-20(7-2)12(3)11-18-16(21)14-10-13(8-9-15(14)17)24(22,23)19(4)5/h8-10,12H,6-7,11H2,1-5H3,(H,18,21). The summed E-state index contributed by atoms with van der Waals surface area (Å²) in [7, 11) is -0.736. The van der Waals surface area contributed by atoms with Gasteiger partial charge in [0.1, 0.15) is 0 Å². The predicted octanol–water partition coefficient (Wildman–Crippen LogP) is 2.05. The molecule has 1 atom stereocenters. The van der Waals surface area contributed by atoms with E-state index in [1.165, 1.54) is 32.3 Å². The summed E-state index contributed by atoms with van der Waals surface area (Å²) in [6, 6.07) is 4.32. The van der Waals surface area contributed by atoms with E-state index in [1.807, 2.05) is 6.92 Å². The Balaban J connectivity index is 2.96. The molecule has 1 aromatic rings. The first-order chi connectivity index (χ1) is 11.1. The van der Waals surface area contributed by atoms with Crippen LogP contribution < -0.4 is 5.32 Å². The Morgan fingerprint density at radius 3 is 2.33 bits per heavy atom. The topological polar surface area (TPSA) is 69.7 Å². The number of likely N-dealkylation sites (N-methyl/N-ethyl adjacent to an activating group) is 1. The van der Waals surface area contributed by atoms with E-state index in [-0.39, 0.29) is 27.4 Å². The van der Waals surface area contributed by atoms with Crippen LogP contribution >= 0.6 is 11.6 Å². The van der Waals surface area contributed by atoms with Crippen molar-refractivity contribution in [3.63, 3.8) is 0 Å². The Labute approximate surface area is 149 Å². The molecule has 0 saturated carbocycles. The quantitative estimate of drug-likeness (QED) is 0.755. The van der Waals surface area contributed by atoms with Gasteiger partial charge in [0.15, 0.2) is 0 Å². The number of carbonyl (C=O) groups is 1. The molecule has 0 aliphatic heterocycles. The summed E-state index contributed by atoms with van der Waals surface area (Å²) in [5.41, 5.74) is 0.159. The minimum Gasteiger partial charge on any atom is -0.350 e. The van der Waals surface area contributed by atoms with Gasteiger partial charge in [-0.2, -0.15) is 0 Å². The predicted molar refractivity (Wildman–Crippen MR) is 97.0 cm³/mol. The first kappa shape index (κ1) is 20.9. The fourth-order valence-corrected chi connectivity index (χ4v) is 3.49. The second-order valence-corrected chi connectivity index (χ2v) is 8.27. The van der Waals surface area contributed by atoms with Crippen molar-refractivity contribution in [2.24, 2.45) is 0 Å². The van der Waals surface area contributed by atoms with E-state index in [4.69, 9.17) is 11.6 Å². The maximum Gasteiger partial charge on any atom is 0.252 e. The van der Waals surface area contributed by atoms with E-state index in [2.05, 4.69) is 24.1 Å². The van der Waals surface area contributed by atoms with Crippen LogP contribution in [0.1, 0.15) is 31.1 Å². The van der Waals surface area contributed by atoms with Crippen molar-refractivity contribution in [3.8, 4) is 0 Å². The summed E-state index contributed by atoms with van der Waals surface area (Å²) in [4.78, 5) is 14.7. The van der Waals surface area contributed by atoms with E-state index in [0.29, 0.717) is 6.54 Å². The zero-order valence-electron chi connectivity index (χ0n) is 14.8. The van der Waals surface area contributed by atoms with Crippen LogP contribution in [0.2, 0.25) is 5.02 Å². The number of carbonyl (C=O) groups excluding carboxylic acids is 1. The van der Waals surface area contributed by atoms with Gasteiger partial charge in [0.25, 0.3) is 5.91 Å². The average Bonchev–Trinajstić information content (AvgIpc) is 2.53. The van der Waals surface area contributed by atoms with Gasteiger partial charge in [-0.1, -0.05) is 25.4 Å². The van der Waals surface area contributed by atoms with Gasteiger partial charge in [-0.05, 0) is 38.2 Å². The lowest BCUT2D eigenvalue weighted by molar-refractivity contribution is 0.0938. The van der Waals surface area contributed by atoms with Crippen molar-refractivity contribution in [3.05, 3.63) is 28.8 Å². The van der Waals surface area contributed by atoms with Crippen LogP contribution in [-0.2, 0) is 10.0 Å². The third kappa shape index (κ3) is 4.92. The summed E-state index contributed by atoms with van der Waals surface area (Å²) in [6.45, 7) is 8.40. The second kappa shape index (κ2) is 8.80. The van der Waals surface area contributed by atoms with Gasteiger partial charge in [0, 0.05) is 26.7 Å². The molecule has 0 aliphatic rings. The lowest BCUT2D eigenvalue weighted by Gasteiger charge is -2.26. The Morgan fingerprint density at radius 2 is 1.83 bits per heavy atom. The SMILES string of the molecule is CCN(CC)C(C)CNC(=O)c1cc(S(=O)(=O)N(C)C)ccc1Cl. The molecule has 136 valence electrons. The van der Waals surface area contributed by atoms with Crippen molar-refractivity contribution in [1.29, 1.82) is 0 Å². The highest BCUT2D eigenvalue weighted by Gasteiger charge is 2.21. The highest BCUT2D eigenvalue weighted by atomic mass is 35.5. The molecule has 1 unspecified atom stereocenters. The summed E-state index contributed by atoms with van der Waals surface area (Å²) in [6.07, 6.45) is 0. The molecule has 0 spiro atoms. The number of halogens is 1. The number of benzene rings is 1. The number of sulfonamides is 1. The number of nitrogens with one attached hydrogen (secondary N) is 1. The van der Waals surface area contributed by atoms with Crippen LogP contribution in [0.5, 0.6) is 0 Å². The normalized spacial score (nSPS) is 13.3. The fourth-order valence-electron chi connectivity index (χ4n) is 2.36. The monoisotopic (exact) mass is 375 g/mol. The highest BCUT2D eigenvalue weighted by molar-refractivity contribution is 7.89. The first-order valence-corrected chi connectivity index (χ1v) is 9.71. The first-order valence-electron chi connectivity index (χ1n) is 7.89. The van der Waals surface area contributed by atoms with Gasteiger partial charge in [0.2, 0.25) is 10.0 Å². The zero-order valence-corrected chi connectivity index (χ0v) is 16.4. The third-order valence-electron chi connectivity index (χ3n) is 3.95. The molecule has 0 aliphatic carbocycles. The van der Waals surface area contributed by atoms with Crippen LogP contribution in [-0.4, -0.2) is 63.3 Å². The number of hydrogen-bond acceptors (Lipinski definition) is 4. The largest absolute Gasteiger partial charge is 0.350 e. The molecule has 0 saturated heterocycles. The van der Waals surface area contributed by atoms with Gasteiger partial charge < -0.3 is 5.32 Å². The molecule has 1 aromatic carbocycles. The number of amides is 1. The maximum atomic E-state index is 12.4. The zero-order chi connectivity index (χ0) is 18.5. The summed E-state index contributed by atoms with van der Waals surface area (Å²) >= 11 is 6.07. The summed E-state index contributed by atoms with van der Waals surface area (Å²) in [5.74, 6) is -0.380. The molecule has 0 fully saturated rings. The van der Waals surface area contributed by atoms with Gasteiger partial charge in [0.05, 0.1) is 15.5 Å². The molecule has 0 heterocycles. The maximum absolute atomic E-state index is 12.4. The molecule has 1 rings (SSSR count). The van der Waals surface area contributed by atoms with E-state index < -0.39 is 10.0 Å². The molecular formula is C16H26ClN3O3S. The summed E-state index contributed by atoms with van der Waals surface area (Å²) < 4.78 is 25.5. The Bertz CT molecular complexity index is 673. The van der Waals surface area contributed by atoms with Gasteiger partial charge in [-0.15, -0.1) is 0 Å². The van der Waals surface area contributed by atoms with Gasteiger partial charge in [-0.3, -0.25) is 9.69 Å². The third-order valence-corrected chi connectivity index (χ3v) is 6.10. The van der Waals surface area contributed by atoms with E-state index >= 15 is 0 Å². The molecule has 0 radical (unpaired) electrons. The molecule has 6 nitrogen and oxygen atoms in total. The van der Waals surface area contributed by atoms with Crippen LogP contribution in [0.4, 0.5) is 0 Å². The second-order valence-electron chi connectivity index (χ2n) is 5.71. The van der Waals surface area contributed by atoms with Crippen LogP contribution in [0.25, 0.3) is 0 Å². The van der Waals surface area contributed by atoms with Crippen molar-refractivity contribution in [1.82, 2.24) is 14.5 Å². The van der Waals surface area contributed by atoms with Gasteiger partial charge in [-0.25, -0.2) is 12.7 Å². The Morgan fingerprint density at radius 1 is 1.25 bits per heavy atom. The van der Waals surface area contributed by atoms with Crippen LogP contribution in [0.15, 0.2) is 23.1 Å². The molecule has 8 heteroatoms. The van der Waals surface area contributed by atoms with Crippen molar-refractivity contribution < 1.29 is 13.2 Å². The average molecular weight is 376 g/mol. The molecular weight excluding hydrogens is 350 g/mol. The molecule has 1 N–H and O–H groups in total. The van der Waals surface area contributed by atoms with E-state index in [1.54, 1.807) is 0 Å². The van der Waals surface area contributed by atoms with E-state index in [0.717, 1.165) is 17.4 Å². The number of rotatable bonds is 8. The molecule has 0 bridgehead atoms. The lowest BCUT2D eigenvalue weighted by atomic mass is 10.2. The van der Waals surface area contributed by atoms with Crippen LogP contribution in [0.3, 0.4) is 0 Å². The van der Waals surface area contributed by atoms with Crippen LogP contribution in [0, 0.1) is 0 Å². The summed E-state index contributed by atoms with van der Waals surface area (Å²) in [5, 5.41) is 3.05. The number of hydrogen-bond donors (Lipinski definition) is 1. The molecule has 0 aromatic heterocycles.